The van der Waals surface area contributed by atoms with Crippen molar-refractivity contribution in [1.82, 2.24) is 15.1 Å². The van der Waals surface area contributed by atoms with Crippen molar-refractivity contribution in [3.63, 3.8) is 0 Å². The number of hydrogen-bond donors (Lipinski definition) is 1. The third kappa shape index (κ3) is 7.66. The molecule has 0 spiro atoms. The minimum Gasteiger partial charge on any atom is -0.375 e. The van der Waals surface area contributed by atoms with Crippen LogP contribution in [0.3, 0.4) is 0 Å². The van der Waals surface area contributed by atoms with E-state index in [0.717, 1.165) is 71.2 Å². The maximum atomic E-state index is 6.00. The molecule has 2 heterocycles. The largest absolute Gasteiger partial charge is 0.375 e. The highest BCUT2D eigenvalue weighted by Gasteiger charge is 2.32. The molecule has 0 amide bonds. The van der Waals surface area contributed by atoms with Gasteiger partial charge in [-0.05, 0) is 45.7 Å². The standard InChI is InChI=1S/C23H38N4O2.HI/c1-4-24-23(27-14-16-29-22(18-27)21-11-8-15-28-21)25-13-12-19(2)26(3)17-20-9-6-5-7-10-20;/h5-7,9-10,19,21-22H,4,8,11-18H2,1-3H3,(H,24,25);1H. The van der Waals surface area contributed by atoms with Gasteiger partial charge in [0.1, 0.15) is 6.10 Å². The topological polar surface area (TPSA) is 49.3 Å². The summed E-state index contributed by atoms with van der Waals surface area (Å²) >= 11 is 0. The highest BCUT2D eigenvalue weighted by atomic mass is 127. The molecule has 7 heteroatoms. The van der Waals surface area contributed by atoms with Crippen molar-refractivity contribution >= 4 is 29.9 Å². The zero-order chi connectivity index (χ0) is 20.5. The van der Waals surface area contributed by atoms with Gasteiger partial charge >= 0.3 is 0 Å². The Labute approximate surface area is 199 Å². The normalized spacial score (nSPS) is 23.3. The van der Waals surface area contributed by atoms with Gasteiger partial charge in [-0.25, -0.2) is 0 Å². The number of benzene rings is 1. The molecule has 170 valence electrons. The van der Waals surface area contributed by atoms with E-state index in [0.29, 0.717) is 6.04 Å². The van der Waals surface area contributed by atoms with Crippen LogP contribution in [0.5, 0.6) is 0 Å². The number of halogens is 1. The lowest BCUT2D eigenvalue weighted by atomic mass is 10.1. The van der Waals surface area contributed by atoms with Crippen LogP contribution < -0.4 is 5.32 Å². The molecule has 0 bridgehead atoms. The van der Waals surface area contributed by atoms with Gasteiger partial charge in [-0.2, -0.15) is 0 Å². The molecule has 2 saturated heterocycles. The molecular weight excluding hydrogens is 491 g/mol. The first-order valence-corrected chi connectivity index (χ1v) is 11.2. The van der Waals surface area contributed by atoms with Crippen LogP contribution in [0.15, 0.2) is 35.3 Å². The predicted molar refractivity (Wildman–Crippen MR) is 134 cm³/mol. The molecular formula is C23H39IN4O2. The van der Waals surface area contributed by atoms with E-state index >= 15 is 0 Å². The third-order valence-electron chi connectivity index (χ3n) is 5.94. The summed E-state index contributed by atoms with van der Waals surface area (Å²) in [7, 11) is 2.20. The average Bonchev–Trinajstić information content (AvgIpc) is 3.29. The van der Waals surface area contributed by atoms with Gasteiger partial charge in [-0.1, -0.05) is 30.3 Å². The van der Waals surface area contributed by atoms with Crippen molar-refractivity contribution in [2.75, 3.05) is 46.4 Å². The molecule has 30 heavy (non-hydrogen) atoms. The van der Waals surface area contributed by atoms with Gasteiger partial charge in [0.15, 0.2) is 5.96 Å². The van der Waals surface area contributed by atoms with Crippen LogP contribution >= 0.6 is 24.0 Å². The van der Waals surface area contributed by atoms with Gasteiger partial charge in [0.25, 0.3) is 0 Å². The Kier molecular flexibility index (Phi) is 11.4. The third-order valence-corrected chi connectivity index (χ3v) is 5.94. The summed E-state index contributed by atoms with van der Waals surface area (Å²) in [6.45, 7) is 10.4. The molecule has 1 aromatic rings. The maximum absolute atomic E-state index is 6.00. The van der Waals surface area contributed by atoms with Crippen molar-refractivity contribution in [3.05, 3.63) is 35.9 Å². The van der Waals surface area contributed by atoms with Crippen molar-refractivity contribution in [2.45, 2.75) is 57.9 Å². The SMILES string of the molecule is CCNC(=NCCC(C)N(C)Cc1ccccc1)N1CCOC(C2CCCO2)C1.I. The fourth-order valence-corrected chi connectivity index (χ4v) is 4.02. The summed E-state index contributed by atoms with van der Waals surface area (Å²) in [5, 5.41) is 3.47. The van der Waals surface area contributed by atoms with Crippen molar-refractivity contribution in [2.24, 2.45) is 4.99 Å². The average molecular weight is 530 g/mol. The van der Waals surface area contributed by atoms with Gasteiger partial charge in [-0.3, -0.25) is 9.89 Å². The molecule has 1 aromatic carbocycles. The molecule has 3 atom stereocenters. The number of ether oxygens (including phenoxy) is 2. The quantitative estimate of drug-likeness (QED) is 0.318. The van der Waals surface area contributed by atoms with Gasteiger partial charge < -0.3 is 19.7 Å². The van der Waals surface area contributed by atoms with Crippen LogP contribution in [0.4, 0.5) is 0 Å². The Morgan fingerprint density at radius 3 is 2.70 bits per heavy atom. The minimum absolute atomic E-state index is 0. The van der Waals surface area contributed by atoms with Gasteiger partial charge in [-0.15, -0.1) is 24.0 Å². The van der Waals surface area contributed by atoms with Crippen LogP contribution in [-0.2, 0) is 16.0 Å². The molecule has 3 rings (SSSR count). The number of morpholine rings is 1. The lowest BCUT2D eigenvalue weighted by molar-refractivity contribution is -0.0817. The summed E-state index contributed by atoms with van der Waals surface area (Å²) in [5.74, 6) is 1.01. The second-order valence-corrected chi connectivity index (χ2v) is 8.18. The predicted octanol–water partition coefficient (Wildman–Crippen LogP) is 3.36. The molecule has 0 saturated carbocycles. The van der Waals surface area contributed by atoms with Gasteiger partial charge in [0.2, 0.25) is 0 Å². The van der Waals surface area contributed by atoms with E-state index in [-0.39, 0.29) is 36.2 Å². The summed E-state index contributed by atoms with van der Waals surface area (Å²) in [6, 6.07) is 11.1. The van der Waals surface area contributed by atoms with Crippen molar-refractivity contribution in [1.29, 1.82) is 0 Å². The Balaban J connectivity index is 0.00000320. The van der Waals surface area contributed by atoms with E-state index in [4.69, 9.17) is 14.5 Å². The van der Waals surface area contributed by atoms with E-state index in [9.17, 15) is 0 Å². The number of nitrogens with one attached hydrogen (secondary N) is 1. The van der Waals surface area contributed by atoms with Crippen molar-refractivity contribution < 1.29 is 9.47 Å². The molecule has 2 fully saturated rings. The smallest absolute Gasteiger partial charge is 0.194 e. The van der Waals surface area contributed by atoms with Crippen molar-refractivity contribution in [3.8, 4) is 0 Å². The van der Waals surface area contributed by atoms with Crippen LogP contribution in [0.2, 0.25) is 0 Å². The molecule has 2 aliphatic rings. The summed E-state index contributed by atoms with van der Waals surface area (Å²) < 4.78 is 11.8. The Morgan fingerprint density at radius 2 is 2.00 bits per heavy atom. The molecule has 0 aromatic heterocycles. The molecule has 0 radical (unpaired) electrons. The molecule has 6 nitrogen and oxygen atoms in total. The Hall–Kier alpha value is -0.900. The second-order valence-electron chi connectivity index (χ2n) is 8.18. The van der Waals surface area contributed by atoms with Crippen LogP contribution in [0.1, 0.15) is 38.7 Å². The van der Waals surface area contributed by atoms with Gasteiger partial charge in [0, 0.05) is 45.4 Å². The number of aliphatic imine (C=N–C) groups is 1. The van der Waals surface area contributed by atoms with E-state index in [2.05, 4.69) is 66.3 Å². The van der Waals surface area contributed by atoms with Crippen LogP contribution in [-0.4, -0.2) is 80.4 Å². The first-order valence-electron chi connectivity index (χ1n) is 11.2. The van der Waals surface area contributed by atoms with E-state index < -0.39 is 0 Å². The lowest BCUT2D eigenvalue weighted by Gasteiger charge is -2.37. The maximum Gasteiger partial charge on any atom is 0.194 e. The van der Waals surface area contributed by atoms with E-state index in [1.807, 2.05) is 0 Å². The van der Waals surface area contributed by atoms with Crippen LogP contribution in [0.25, 0.3) is 0 Å². The number of nitrogens with zero attached hydrogens (tertiary/aromatic N) is 3. The molecule has 1 N–H and O–H groups in total. The Bertz CT molecular complexity index is 625. The van der Waals surface area contributed by atoms with Crippen LogP contribution in [0, 0.1) is 0 Å². The summed E-state index contributed by atoms with van der Waals surface area (Å²) in [4.78, 5) is 9.68. The minimum atomic E-state index is 0. The highest BCUT2D eigenvalue weighted by Crippen LogP contribution is 2.21. The summed E-state index contributed by atoms with van der Waals surface area (Å²) in [6.07, 6.45) is 3.70. The number of guanidine groups is 1. The summed E-state index contributed by atoms with van der Waals surface area (Å²) in [5.41, 5.74) is 1.35. The fourth-order valence-electron chi connectivity index (χ4n) is 4.02. The monoisotopic (exact) mass is 530 g/mol. The molecule has 3 unspecified atom stereocenters. The zero-order valence-corrected chi connectivity index (χ0v) is 21.1. The molecule has 2 aliphatic heterocycles. The fraction of sp³-hybridized carbons (Fsp3) is 0.696. The number of hydrogen-bond acceptors (Lipinski definition) is 4. The first kappa shape index (κ1) is 25.4. The first-order chi connectivity index (χ1) is 14.2. The zero-order valence-electron chi connectivity index (χ0n) is 18.8. The number of rotatable bonds is 8. The highest BCUT2D eigenvalue weighted by molar-refractivity contribution is 14.0. The lowest BCUT2D eigenvalue weighted by Crippen LogP contribution is -2.53. The van der Waals surface area contributed by atoms with E-state index in [1.165, 1.54) is 5.56 Å². The Morgan fingerprint density at radius 1 is 1.23 bits per heavy atom. The second kappa shape index (κ2) is 13.5. The molecule has 0 aliphatic carbocycles. The van der Waals surface area contributed by atoms with Gasteiger partial charge in [0.05, 0.1) is 12.7 Å². The van der Waals surface area contributed by atoms with E-state index in [1.54, 1.807) is 0 Å².